The summed E-state index contributed by atoms with van der Waals surface area (Å²) in [7, 11) is 0. The SMILES string of the molecule is CSc1ccc(CCNC(=O)[C@@H]2[C@H](C(=O)O)C2(C)C)cc1. The molecule has 1 amide bonds. The van der Waals surface area contributed by atoms with Crippen LogP contribution in [0.15, 0.2) is 29.2 Å². The molecular weight excluding hydrogens is 286 g/mol. The van der Waals surface area contributed by atoms with Crippen LogP contribution >= 0.6 is 11.8 Å². The number of aliphatic carboxylic acids is 1. The standard InChI is InChI=1S/C16H21NO3S/c1-16(2)12(13(16)15(19)20)14(18)17-9-8-10-4-6-11(21-3)7-5-10/h4-7,12-13H,8-9H2,1-3H3,(H,17,18)(H,19,20)/t12-,13+/m0/s1. The Morgan fingerprint density at radius 1 is 1.24 bits per heavy atom. The Bertz CT molecular complexity index is 539. The molecule has 0 unspecified atom stereocenters. The minimum atomic E-state index is -0.882. The maximum atomic E-state index is 12.0. The number of hydrogen-bond acceptors (Lipinski definition) is 3. The van der Waals surface area contributed by atoms with Crippen molar-refractivity contribution in [3.05, 3.63) is 29.8 Å². The van der Waals surface area contributed by atoms with Crippen LogP contribution in [0.4, 0.5) is 0 Å². The third kappa shape index (κ3) is 3.40. The quantitative estimate of drug-likeness (QED) is 0.792. The van der Waals surface area contributed by atoms with Gasteiger partial charge in [0.25, 0.3) is 0 Å². The second-order valence-corrected chi connectivity index (χ2v) is 6.88. The van der Waals surface area contributed by atoms with Crippen molar-refractivity contribution in [3.8, 4) is 0 Å². The van der Waals surface area contributed by atoms with Crippen LogP contribution in [-0.2, 0) is 16.0 Å². The molecule has 5 heteroatoms. The molecule has 1 aliphatic rings. The van der Waals surface area contributed by atoms with Crippen LogP contribution in [0.5, 0.6) is 0 Å². The van der Waals surface area contributed by atoms with Crippen molar-refractivity contribution in [2.45, 2.75) is 25.2 Å². The fourth-order valence-corrected chi connectivity index (χ4v) is 3.23. The molecule has 2 rings (SSSR count). The van der Waals surface area contributed by atoms with E-state index in [9.17, 15) is 9.59 Å². The summed E-state index contributed by atoms with van der Waals surface area (Å²) in [6.45, 7) is 4.20. The van der Waals surface area contributed by atoms with E-state index < -0.39 is 23.2 Å². The van der Waals surface area contributed by atoms with Gasteiger partial charge in [-0.1, -0.05) is 26.0 Å². The van der Waals surface area contributed by atoms with Crippen molar-refractivity contribution in [2.75, 3.05) is 12.8 Å². The van der Waals surface area contributed by atoms with Crippen molar-refractivity contribution in [2.24, 2.45) is 17.3 Å². The van der Waals surface area contributed by atoms with Gasteiger partial charge < -0.3 is 10.4 Å². The Morgan fingerprint density at radius 3 is 2.33 bits per heavy atom. The summed E-state index contributed by atoms with van der Waals surface area (Å²) in [6, 6.07) is 8.23. The second kappa shape index (κ2) is 6.10. The van der Waals surface area contributed by atoms with Gasteiger partial charge in [0.05, 0.1) is 11.8 Å². The molecule has 1 aromatic rings. The lowest BCUT2D eigenvalue weighted by Gasteiger charge is -2.06. The van der Waals surface area contributed by atoms with E-state index in [1.54, 1.807) is 11.8 Å². The fraction of sp³-hybridized carbons (Fsp3) is 0.500. The fourth-order valence-electron chi connectivity index (χ4n) is 2.82. The molecule has 21 heavy (non-hydrogen) atoms. The molecule has 0 heterocycles. The summed E-state index contributed by atoms with van der Waals surface area (Å²) in [5.74, 6) is -1.99. The zero-order valence-corrected chi connectivity index (χ0v) is 13.4. The van der Waals surface area contributed by atoms with Gasteiger partial charge in [-0.15, -0.1) is 11.8 Å². The number of carbonyl (C=O) groups excluding carboxylic acids is 1. The van der Waals surface area contributed by atoms with Gasteiger partial charge >= 0.3 is 5.97 Å². The van der Waals surface area contributed by atoms with Crippen molar-refractivity contribution in [3.63, 3.8) is 0 Å². The van der Waals surface area contributed by atoms with Crippen molar-refractivity contribution >= 4 is 23.6 Å². The number of carboxylic acids is 1. The van der Waals surface area contributed by atoms with Gasteiger partial charge in [-0.2, -0.15) is 0 Å². The van der Waals surface area contributed by atoms with Gasteiger partial charge in [0.2, 0.25) is 5.91 Å². The van der Waals surface area contributed by atoms with Crippen LogP contribution in [-0.4, -0.2) is 29.8 Å². The molecule has 1 saturated carbocycles. The monoisotopic (exact) mass is 307 g/mol. The Labute approximate surface area is 129 Å². The number of hydrogen-bond donors (Lipinski definition) is 2. The highest BCUT2D eigenvalue weighted by molar-refractivity contribution is 7.98. The average Bonchev–Trinajstić information content (AvgIpc) is 3.02. The van der Waals surface area contributed by atoms with Crippen LogP contribution in [0, 0.1) is 17.3 Å². The lowest BCUT2D eigenvalue weighted by Crippen LogP contribution is -2.29. The normalized spacial score (nSPS) is 22.6. The van der Waals surface area contributed by atoms with Crippen molar-refractivity contribution in [1.29, 1.82) is 0 Å². The smallest absolute Gasteiger partial charge is 0.307 e. The first-order valence-corrected chi connectivity index (χ1v) is 8.24. The van der Waals surface area contributed by atoms with Crippen LogP contribution in [0.25, 0.3) is 0 Å². The van der Waals surface area contributed by atoms with Gasteiger partial charge in [0, 0.05) is 11.4 Å². The molecule has 0 bridgehead atoms. The molecule has 0 saturated heterocycles. The summed E-state index contributed by atoms with van der Waals surface area (Å²) in [4.78, 5) is 24.3. The maximum absolute atomic E-state index is 12.0. The van der Waals surface area contributed by atoms with Crippen molar-refractivity contribution in [1.82, 2.24) is 5.32 Å². The van der Waals surface area contributed by atoms with Crippen molar-refractivity contribution < 1.29 is 14.7 Å². The van der Waals surface area contributed by atoms with Gasteiger partial charge in [-0.3, -0.25) is 9.59 Å². The molecule has 114 valence electrons. The Morgan fingerprint density at radius 2 is 1.86 bits per heavy atom. The summed E-state index contributed by atoms with van der Waals surface area (Å²) in [5.41, 5.74) is 0.730. The number of amides is 1. The average molecular weight is 307 g/mol. The van der Waals surface area contributed by atoms with Gasteiger partial charge in [-0.25, -0.2) is 0 Å². The molecule has 0 aromatic heterocycles. The molecule has 1 aliphatic carbocycles. The third-order valence-electron chi connectivity index (χ3n) is 4.25. The number of benzene rings is 1. The molecular formula is C16H21NO3S. The molecule has 4 nitrogen and oxygen atoms in total. The summed E-state index contributed by atoms with van der Waals surface area (Å²) in [6.07, 6.45) is 2.79. The highest BCUT2D eigenvalue weighted by atomic mass is 32.2. The van der Waals surface area contributed by atoms with Crippen LogP contribution in [0.1, 0.15) is 19.4 Å². The zero-order chi connectivity index (χ0) is 15.6. The zero-order valence-electron chi connectivity index (χ0n) is 12.6. The Kier molecular flexibility index (Phi) is 4.61. The van der Waals surface area contributed by atoms with E-state index in [1.807, 2.05) is 20.1 Å². The predicted octanol–water partition coefficient (Wildman–Crippen LogP) is 2.42. The highest BCUT2D eigenvalue weighted by Crippen LogP contribution is 2.58. The summed E-state index contributed by atoms with van der Waals surface area (Å²) >= 11 is 1.70. The van der Waals surface area contributed by atoms with Gasteiger partial charge in [-0.05, 0) is 35.8 Å². The minimum absolute atomic E-state index is 0.145. The molecule has 1 fully saturated rings. The largest absolute Gasteiger partial charge is 0.481 e. The van der Waals surface area contributed by atoms with Gasteiger partial charge in [0.15, 0.2) is 0 Å². The highest BCUT2D eigenvalue weighted by Gasteiger charge is 2.65. The maximum Gasteiger partial charge on any atom is 0.307 e. The summed E-state index contributed by atoms with van der Waals surface area (Å²) in [5, 5.41) is 11.9. The van der Waals surface area contributed by atoms with E-state index in [1.165, 1.54) is 4.90 Å². The molecule has 0 radical (unpaired) electrons. The first kappa shape index (κ1) is 15.9. The number of nitrogens with one attached hydrogen (secondary N) is 1. The van der Waals surface area contributed by atoms with Crippen LogP contribution in [0.3, 0.4) is 0 Å². The Balaban J connectivity index is 1.81. The van der Waals surface area contributed by atoms with E-state index in [2.05, 4.69) is 29.6 Å². The predicted molar refractivity (Wildman–Crippen MR) is 83.3 cm³/mol. The number of carbonyl (C=O) groups is 2. The minimum Gasteiger partial charge on any atom is -0.481 e. The topological polar surface area (TPSA) is 66.4 Å². The number of carboxylic acid groups (broad SMARTS) is 1. The third-order valence-corrected chi connectivity index (χ3v) is 4.99. The first-order valence-electron chi connectivity index (χ1n) is 7.01. The second-order valence-electron chi connectivity index (χ2n) is 6.00. The number of thioether (sulfide) groups is 1. The molecule has 1 aromatic carbocycles. The van der Waals surface area contributed by atoms with E-state index in [0.717, 1.165) is 12.0 Å². The molecule has 0 aliphatic heterocycles. The van der Waals surface area contributed by atoms with Crippen LogP contribution in [0.2, 0.25) is 0 Å². The molecule has 0 spiro atoms. The Hall–Kier alpha value is -1.49. The van der Waals surface area contributed by atoms with E-state index in [0.29, 0.717) is 6.54 Å². The lowest BCUT2D eigenvalue weighted by atomic mass is 10.1. The first-order chi connectivity index (χ1) is 9.87. The molecule has 2 atom stereocenters. The molecule has 2 N–H and O–H groups in total. The van der Waals surface area contributed by atoms with Gasteiger partial charge in [0.1, 0.15) is 0 Å². The van der Waals surface area contributed by atoms with E-state index in [4.69, 9.17) is 5.11 Å². The van der Waals surface area contributed by atoms with E-state index in [-0.39, 0.29) is 5.91 Å². The number of rotatable bonds is 6. The summed E-state index contributed by atoms with van der Waals surface area (Å²) < 4.78 is 0. The van der Waals surface area contributed by atoms with E-state index >= 15 is 0 Å². The lowest BCUT2D eigenvalue weighted by molar-refractivity contribution is -0.140. The van der Waals surface area contributed by atoms with Crippen LogP contribution < -0.4 is 5.32 Å².